The summed E-state index contributed by atoms with van der Waals surface area (Å²) < 4.78 is 54.0. The summed E-state index contributed by atoms with van der Waals surface area (Å²) in [5, 5.41) is 5.07. The van der Waals surface area contributed by atoms with Crippen LogP contribution in [0.5, 0.6) is 23.1 Å². The highest BCUT2D eigenvalue weighted by molar-refractivity contribution is 5.96. The molecule has 3 heterocycles. The van der Waals surface area contributed by atoms with Gasteiger partial charge in [-0.25, -0.2) is 18.7 Å². The van der Waals surface area contributed by atoms with E-state index in [1.54, 1.807) is 48.2 Å². The maximum atomic E-state index is 15.7. The molecule has 0 radical (unpaired) electrons. The molecule has 0 spiro atoms. The molecule has 0 aliphatic carbocycles. The first-order chi connectivity index (χ1) is 25.4. The summed E-state index contributed by atoms with van der Waals surface area (Å²) in [5.41, 5.74) is 3.06. The van der Waals surface area contributed by atoms with E-state index in [0.29, 0.717) is 52.2 Å². The molecule has 0 amide bonds. The van der Waals surface area contributed by atoms with Crippen LogP contribution in [0.3, 0.4) is 0 Å². The molecule has 6 aromatic rings. The molecule has 1 fully saturated rings. The SMILES string of the molecule is CCc1ccc2ccn(Cc3ccc(F)cc3)c(=O)c2c1Nc1ccc(Oc2ncnc3cc(OC)c(OCCCN4CCOCC4)cc23)c(F)c1. The van der Waals surface area contributed by atoms with Gasteiger partial charge in [-0.15, -0.1) is 0 Å². The standard InChI is InChI=1S/C40H39F2N5O5/c1-3-27-7-8-28-13-15-47(24-26-5-9-29(41)10-6-26)40(48)37(28)38(27)45-30-11-12-34(32(42)21-30)52-39-31-22-36(35(49-2)23-33(31)43-25-44-39)51-18-4-14-46-16-19-50-20-17-46/h5-13,15,21-23,25,45H,3-4,14,16-20,24H2,1-2H3. The zero-order chi connectivity index (χ0) is 36.0. The quantitative estimate of drug-likeness (QED) is 0.123. The van der Waals surface area contributed by atoms with E-state index < -0.39 is 5.82 Å². The van der Waals surface area contributed by atoms with Crippen molar-refractivity contribution in [3.05, 3.63) is 118 Å². The van der Waals surface area contributed by atoms with Gasteiger partial charge in [-0.3, -0.25) is 9.69 Å². The Kier molecular flexibility index (Phi) is 10.6. The molecule has 1 N–H and O–H groups in total. The van der Waals surface area contributed by atoms with Crippen molar-refractivity contribution >= 4 is 33.1 Å². The smallest absolute Gasteiger partial charge is 0.260 e. The number of aromatic nitrogens is 3. The molecular weight excluding hydrogens is 668 g/mol. The van der Waals surface area contributed by atoms with E-state index in [9.17, 15) is 9.18 Å². The highest BCUT2D eigenvalue weighted by Crippen LogP contribution is 2.37. The Balaban J connectivity index is 1.12. The average Bonchev–Trinajstić information content (AvgIpc) is 3.16. The van der Waals surface area contributed by atoms with Gasteiger partial charge in [0.05, 0.1) is 55.5 Å². The van der Waals surface area contributed by atoms with Gasteiger partial charge >= 0.3 is 0 Å². The normalized spacial score (nSPS) is 13.4. The monoisotopic (exact) mass is 707 g/mol. The zero-order valence-electron chi connectivity index (χ0n) is 29.0. The Morgan fingerprint density at radius 1 is 0.923 bits per heavy atom. The maximum Gasteiger partial charge on any atom is 0.260 e. The summed E-state index contributed by atoms with van der Waals surface area (Å²) in [7, 11) is 1.57. The van der Waals surface area contributed by atoms with Crippen LogP contribution < -0.4 is 25.1 Å². The Morgan fingerprint density at radius 3 is 2.52 bits per heavy atom. The number of hydrogen-bond donors (Lipinski definition) is 1. The Hall–Kier alpha value is -5.59. The molecule has 1 saturated heterocycles. The molecule has 268 valence electrons. The van der Waals surface area contributed by atoms with Crippen LogP contribution in [-0.2, 0) is 17.7 Å². The molecule has 12 heteroatoms. The van der Waals surface area contributed by atoms with Crippen LogP contribution in [0.25, 0.3) is 21.7 Å². The number of hydrogen-bond acceptors (Lipinski definition) is 9. The predicted octanol–water partition coefficient (Wildman–Crippen LogP) is 7.48. The van der Waals surface area contributed by atoms with Crippen LogP contribution in [0.2, 0.25) is 0 Å². The minimum Gasteiger partial charge on any atom is -0.493 e. The largest absolute Gasteiger partial charge is 0.493 e. The third kappa shape index (κ3) is 7.68. The van der Waals surface area contributed by atoms with E-state index in [1.807, 2.05) is 25.1 Å². The van der Waals surface area contributed by atoms with Gasteiger partial charge in [-0.2, -0.15) is 0 Å². The van der Waals surface area contributed by atoms with Crippen molar-refractivity contribution in [2.45, 2.75) is 26.3 Å². The summed E-state index contributed by atoms with van der Waals surface area (Å²) >= 11 is 0. The molecule has 52 heavy (non-hydrogen) atoms. The molecule has 0 bridgehead atoms. The minimum atomic E-state index is -0.628. The number of methoxy groups -OCH3 is 1. The minimum absolute atomic E-state index is 0.0374. The number of fused-ring (bicyclic) bond motifs is 2. The summed E-state index contributed by atoms with van der Waals surface area (Å²) in [6.07, 6.45) is 4.54. The number of benzene rings is 4. The third-order valence-corrected chi connectivity index (χ3v) is 9.15. The molecule has 10 nitrogen and oxygen atoms in total. The van der Waals surface area contributed by atoms with Gasteiger partial charge in [0.2, 0.25) is 5.88 Å². The predicted molar refractivity (Wildman–Crippen MR) is 196 cm³/mol. The molecule has 2 aromatic heterocycles. The van der Waals surface area contributed by atoms with Gasteiger partial charge in [-0.1, -0.05) is 31.2 Å². The first-order valence-corrected chi connectivity index (χ1v) is 17.3. The van der Waals surface area contributed by atoms with Gasteiger partial charge in [0.1, 0.15) is 12.1 Å². The molecule has 0 atom stereocenters. The second-order valence-electron chi connectivity index (χ2n) is 12.5. The molecule has 7 rings (SSSR count). The van der Waals surface area contributed by atoms with Crippen molar-refractivity contribution in [1.82, 2.24) is 19.4 Å². The van der Waals surface area contributed by atoms with Crippen LogP contribution in [0.15, 0.2) is 90.1 Å². The number of nitrogens with zero attached hydrogens (tertiary/aromatic N) is 4. The lowest BCUT2D eigenvalue weighted by atomic mass is 10.0. The fraction of sp³-hybridized carbons (Fsp3) is 0.275. The summed E-state index contributed by atoms with van der Waals surface area (Å²) in [4.78, 5) is 24.9. The second kappa shape index (κ2) is 15.7. The van der Waals surface area contributed by atoms with Crippen molar-refractivity contribution in [2.24, 2.45) is 0 Å². The summed E-state index contributed by atoms with van der Waals surface area (Å²) in [6, 6.07) is 19.8. The molecule has 0 unspecified atom stereocenters. The number of halogens is 2. The van der Waals surface area contributed by atoms with Crippen molar-refractivity contribution < 1.29 is 27.7 Å². The van der Waals surface area contributed by atoms with Gasteiger partial charge in [-0.05, 0) is 65.8 Å². The van der Waals surface area contributed by atoms with Gasteiger partial charge in [0.15, 0.2) is 23.1 Å². The van der Waals surface area contributed by atoms with Crippen LogP contribution >= 0.6 is 0 Å². The molecule has 1 aliphatic rings. The third-order valence-electron chi connectivity index (χ3n) is 9.15. The second-order valence-corrected chi connectivity index (χ2v) is 12.5. The average molecular weight is 708 g/mol. The number of rotatable bonds is 13. The van der Waals surface area contributed by atoms with Crippen molar-refractivity contribution in [2.75, 3.05) is 51.9 Å². The van der Waals surface area contributed by atoms with E-state index in [4.69, 9.17) is 18.9 Å². The number of nitrogens with one attached hydrogen (secondary N) is 1. The van der Waals surface area contributed by atoms with Crippen molar-refractivity contribution in [1.29, 1.82) is 0 Å². The first-order valence-electron chi connectivity index (χ1n) is 17.3. The lowest BCUT2D eigenvalue weighted by molar-refractivity contribution is 0.0357. The number of morpholine rings is 1. The van der Waals surface area contributed by atoms with Gasteiger partial charge in [0, 0.05) is 43.7 Å². The lowest BCUT2D eigenvalue weighted by Gasteiger charge is -2.26. The van der Waals surface area contributed by atoms with Gasteiger partial charge < -0.3 is 28.8 Å². The lowest BCUT2D eigenvalue weighted by Crippen LogP contribution is -2.37. The fourth-order valence-electron chi connectivity index (χ4n) is 6.36. The van der Waals surface area contributed by atoms with Crippen LogP contribution in [0.1, 0.15) is 24.5 Å². The highest BCUT2D eigenvalue weighted by Gasteiger charge is 2.18. The summed E-state index contributed by atoms with van der Waals surface area (Å²) in [5.74, 6) is 0.187. The van der Waals surface area contributed by atoms with E-state index >= 15 is 4.39 Å². The number of ether oxygens (including phenoxy) is 4. The number of pyridine rings is 1. The molecule has 0 saturated carbocycles. The van der Waals surface area contributed by atoms with Crippen LogP contribution in [-0.4, -0.2) is 66.0 Å². The molecule has 4 aromatic carbocycles. The van der Waals surface area contributed by atoms with Crippen molar-refractivity contribution in [3.63, 3.8) is 0 Å². The van der Waals surface area contributed by atoms with E-state index in [-0.39, 0.29) is 29.6 Å². The Bertz CT molecular complexity index is 2260. The molecule has 1 aliphatic heterocycles. The number of anilines is 2. The highest BCUT2D eigenvalue weighted by atomic mass is 19.1. The topological polar surface area (TPSA) is 100.0 Å². The van der Waals surface area contributed by atoms with Crippen molar-refractivity contribution in [3.8, 4) is 23.1 Å². The molecular formula is C40H39F2N5O5. The van der Waals surface area contributed by atoms with Gasteiger partial charge in [0.25, 0.3) is 5.56 Å². The summed E-state index contributed by atoms with van der Waals surface area (Å²) in [6.45, 7) is 6.96. The van der Waals surface area contributed by atoms with E-state index in [2.05, 4.69) is 20.2 Å². The van der Waals surface area contributed by atoms with E-state index in [1.165, 1.54) is 30.6 Å². The fourth-order valence-corrected chi connectivity index (χ4v) is 6.36. The zero-order valence-corrected chi connectivity index (χ0v) is 29.0. The first kappa shape index (κ1) is 34.8. The van der Waals surface area contributed by atoms with E-state index in [0.717, 1.165) is 55.8 Å². The van der Waals surface area contributed by atoms with Crippen LogP contribution in [0.4, 0.5) is 20.2 Å². The Morgan fingerprint density at radius 2 is 1.75 bits per heavy atom. The Labute approximate surface area is 299 Å². The van der Waals surface area contributed by atoms with Crippen LogP contribution in [0, 0.1) is 11.6 Å². The number of aryl methyl sites for hydroxylation is 1. The maximum absolute atomic E-state index is 15.7.